The van der Waals surface area contributed by atoms with Crippen LogP contribution in [0.15, 0.2) is 18.2 Å². The quantitative estimate of drug-likeness (QED) is 0.150. The van der Waals surface area contributed by atoms with Crippen LogP contribution < -0.4 is 15.2 Å². The molecule has 1 unspecified atom stereocenters. The molecule has 0 heterocycles. The smallest absolute Gasteiger partial charge is 0.468 e. The van der Waals surface area contributed by atoms with E-state index in [-0.39, 0.29) is 48.9 Å². The lowest BCUT2D eigenvalue weighted by atomic mass is 9.88. The molecule has 0 saturated carbocycles. The highest BCUT2D eigenvalue weighted by Gasteiger charge is 2.36. The topological polar surface area (TPSA) is 150 Å². The number of esters is 2. The second-order valence-electron chi connectivity index (χ2n) is 11.5. The molecule has 3 atom stereocenters. The zero-order valence-corrected chi connectivity index (χ0v) is 25.7. The molecule has 1 aromatic carbocycles. The van der Waals surface area contributed by atoms with Crippen molar-refractivity contribution >= 4 is 24.2 Å². The van der Waals surface area contributed by atoms with Gasteiger partial charge in [0, 0.05) is 12.8 Å². The Kier molecular flexibility index (Phi) is 14.6. The van der Waals surface area contributed by atoms with E-state index >= 15 is 0 Å². The summed E-state index contributed by atoms with van der Waals surface area (Å²) in [6.07, 6.45) is 0.309. The maximum Gasteiger partial charge on any atom is 0.514 e. The molecule has 0 spiro atoms. The molecule has 0 bridgehead atoms. The zero-order valence-electron chi connectivity index (χ0n) is 25.7. The molecule has 0 amide bonds. The third kappa shape index (κ3) is 13.7. The van der Waals surface area contributed by atoms with Gasteiger partial charge in [-0.3, -0.25) is 9.59 Å². The summed E-state index contributed by atoms with van der Waals surface area (Å²) in [5.41, 5.74) is 5.09. The lowest BCUT2D eigenvalue weighted by Crippen LogP contribution is -2.51. The van der Waals surface area contributed by atoms with Gasteiger partial charge in [-0.2, -0.15) is 0 Å². The van der Waals surface area contributed by atoms with Crippen molar-refractivity contribution in [2.24, 2.45) is 11.1 Å². The molecule has 11 nitrogen and oxygen atoms in total. The molecule has 1 aromatic rings. The van der Waals surface area contributed by atoms with Crippen LogP contribution in [-0.4, -0.2) is 55.7 Å². The number of nitrogens with two attached hydrogens (primary N) is 1. The molecule has 0 aliphatic carbocycles. The molecule has 0 saturated heterocycles. The Morgan fingerprint density at radius 1 is 0.878 bits per heavy atom. The monoisotopic (exact) mass is 581 g/mol. The van der Waals surface area contributed by atoms with E-state index in [1.807, 2.05) is 34.6 Å². The van der Waals surface area contributed by atoms with Crippen LogP contribution in [-0.2, 0) is 35.0 Å². The highest BCUT2D eigenvalue weighted by Crippen LogP contribution is 2.32. The summed E-state index contributed by atoms with van der Waals surface area (Å²) in [7, 11) is 1.21. The summed E-state index contributed by atoms with van der Waals surface area (Å²) in [5.74, 6) is -1.33. The molecule has 0 fully saturated rings. The van der Waals surface area contributed by atoms with Crippen LogP contribution in [0, 0.1) is 5.41 Å². The van der Waals surface area contributed by atoms with E-state index in [4.69, 9.17) is 34.2 Å². The van der Waals surface area contributed by atoms with Crippen molar-refractivity contribution < 1.29 is 47.6 Å². The van der Waals surface area contributed by atoms with E-state index in [9.17, 15) is 19.2 Å². The molecule has 0 radical (unpaired) electrons. The second kappa shape index (κ2) is 16.8. The minimum Gasteiger partial charge on any atom is -0.468 e. The van der Waals surface area contributed by atoms with Crippen molar-refractivity contribution in [2.75, 3.05) is 13.7 Å². The molecule has 0 aliphatic heterocycles. The van der Waals surface area contributed by atoms with Gasteiger partial charge in [-0.25, -0.2) is 9.59 Å². The first-order valence-corrected chi connectivity index (χ1v) is 14.0. The van der Waals surface area contributed by atoms with Crippen LogP contribution in [0.3, 0.4) is 0 Å². The van der Waals surface area contributed by atoms with Gasteiger partial charge >= 0.3 is 24.2 Å². The van der Waals surface area contributed by atoms with Crippen LogP contribution >= 0.6 is 0 Å². The number of rotatable bonds is 15. The lowest BCUT2D eigenvalue weighted by molar-refractivity contribution is -0.152. The fourth-order valence-corrected chi connectivity index (χ4v) is 3.97. The molecule has 11 heteroatoms. The minimum absolute atomic E-state index is 0.0256. The van der Waals surface area contributed by atoms with Crippen LogP contribution in [0.4, 0.5) is 9.59 Å². The Labute approximate surface area is 243 Å². The minimum atomic E-state index is -1.57. The van der Waals surface area contributed by atoms with E-state index < -0.39 is 35.9 Å². The Morgan fingerprint density at radius 3 is 1.90 bits per heavy atom. The van der Waals surface area contributed by atoms with Crippen LogP contribution in [0.1, 0.15) is 92.6 Å². The highest BCUT2D eigenvalue weighted by molar-refractivity contribution is 5.81. The first-order chi connectivity index (χ1) is 19.1. The first kappa shape index (κ1) is 35.7. The Morgan fingerprint density at radius 2 is 1.41 bits per heavy atom. The fourth-order valence-electron chi connectivity index (χ4n) is 3.97. The van der Waals surface area contributed by atoms with Crippen molar-refractivity contribution in [1.29, 1.82) is 0 Å². The van der Waals surface area contributed by atoms with Crippen molar-refractivity contribution in [2.45, 2.75) is 111 Å². The Hall–Kier alpha value is -3.34. The van der Waals surface area contributed by atoms with Crippen LogP contribution in [0.25, 0.3) is 0 Å². The third-order valence-electron chi connectivity index (χ3n) is 5.98. The van der Waals surface area contributed by atoms with Gasteiger partial charge in [0.1, 0.15) is 17.7 Å². The number of carbonyl (C=O) groups excluding carboxylic acids is 4. The number of carbonyl (C=O) groups is 4. The third-order valence-corrected chi connectivity index (χ3v) is 5.98. The average Bonchev–Trinajstić information content (AvgIpc) is 2.84. The first-order valence-electron chi connectivity index (χ1n) is 14.0. The van der Waals surface area contributed by atoms with Crippen LogP contribution in [0.5, 0.6) is 11.5 Å². The predicted octanol–water partition coefficient (Wildman–Crippen LogP) is 5.88. The Balaban J connectivity index is 3.19. The normalized spacial score (nSPS) is 14.2. The molecule has 232 valence electrons. The molecular weight excluding hydrogens is 534 g/mol. The fraction of sp³-hybridized carbons (Fsp3) is 0.667. The van der Waals surface area contributed by atoms with E-state index in [1.165, 1.54) is 19.2 Å². The lowest BCUT2D eigenvalue weighted by Gasteiger charge is -2.27. The van der Waals surface area contributed by atoms with E-state index in [2.05, 4.69) is 0 Å². The summed E-state index contributed by atoms with van der Waals surface area (Å²) in [5, 5.41) is 0. The zero-order chi connectivity index (χ0) is 31.2. The van der Waals surface area contributed by atoms with Gasteiger partial charge in [-0.1, -0.05) is 53.5 Å². The largest absolute Gasteiger partial charge is 0.514 e. The molecule has 2 N–H and O–H groups in total. The molecule has 41 heavy (non-hydrogen) atoms. The van der Waals surface area contributed by atoms with Gasteiger partial charge in [-0.05, 0) is 49.8 Å². The summed E-state index contributed by atoms with van der Waals surface area (Å²) in [6.45, 7) is 13.0. The van der Waals surface area contributed by atoms with Gasteiger partial charge < -0.3 is 34.2 Å². The number of benzene rings is 1. The Bertz CT molecular complexity index is 1020. The van der Waals surface area contributed by atoms with Gasteiger partial charge in [0.15, 0.2) is 11.5 Å². The van der Waals surface area contributed by atoms with Crippen molar-refractivity contribution in [3.63, 3.8) is 0 Å². The molecule has 1 rings (SSSR count). The van der Waals surface area contributed by atoms with E-state index in [0.717, 1.165) is 12.8 Å². The molecule has 0 aromatic heterocycles. The summed E-state index contributed by atoms with van der Waals surface area (Å²) in [6, 6.07) is 4.38. The number of ether oxygens (including phenoxy) is 6. The number of hydrogen-bond donors (Lipinski definition) is 1. The SMILES string of the molecule is CCCC(C)OC(=O)Oc1cc(C[C@](N)(CCOC(=O)CC(C)(C)C)C(=O)OC)ccc1OC(=O)O[C@@H](C)CCC. The summed E-state index contributed by atoms with van der Waals surface area (Å²) in [4.78, 5) is 49.7. The van der Waals surface area contributed by atoms with Crippen LogP contribution in [0.2, 0.25) is 0 Å². The van der Waals surface area contributed by atoms with E-state index in [1.54, 1.807) is 19.9 Å². The average molecular weight is 582 g/mol. The highest BCUT2D eigenvalue weighted by atomic mass is 16.7. The maximum atomic E-state index is 12.7. The summed E-state index contributed by atoms with van der Waals surface area (Å²) < 4.78 is 31.5. The van der Waals surface area contributed by atoms with Crippen molar-refractivity contribution in [3.8, 4) is 11.5 Å². The predicted molar refractivity (Wildman–Crippen MR) is 152 cm³/mol. The molecular formula is C30H47NO10. The van der Waals surface area contributed by atoms with Gasteiger partial charge in [0.25, 0.3) is 0 Å². The summed E-state index contributed by atoms with van der Waals surface area (Å²) >= 11 is 0. The van der Waals surface area contributed by atoms with Gasteiger partial charge in [-0.15, -0.1) is 0 Å². The van der Waals surface area contributed by atoms with Gasteiger partial charge in [0.05, 0.1) is 20.1 Å². The van der Waals surface area contributed by atoms with E-state index in [0.29, 0.717) is 18.4 Å². The molecule has 0 aliphatic rings. The number of hydrogen-bond acceptors (Lipinski definition) is 11. The second-order valence-corrected chi connectivity index (χ2v) is 11.5. The standard InChI is InChI=1S/C30H47NO10/c1-9-11-20(3)38-27(34)40-23-14-13-22(17-24(23)41-28(35)39-21(4)12-10-2)18-30(31,26(33)36-8)15-16-37-25(32)19-29(5,6)7/h13-14,17,20-21H,9-12,15-16,18-19,31H2,1-8H3/t20-,21?,30+/m0/s1. The van der Waals surface area contributed by atoms with Gasteiger partial charge in [0.2, 0.25) is 0 Å². The number of methoxy groups -OCH3 is 1. The van der Waals surface area contributed by atoms with Crippen molar-refractivity contribution in [3.05, 3.63) is 23.8 Å². The van der Waals surface area contributed by atoms with Crippen molar-refractivity contribution in [1.82, 2.24) is 0 Å². The maximum absolute atomic E-state index is 12.7.